The highest BCUT2D eigenvalue weighted by Gasteiger charge is 2.60. The van der Waals surface area contributed by atoms with Crippen molar-refractivity contribution < 1.29 is 42.8 Å². The minimum atomic E-state index is -2.81. The number of nitrogens with zero attached hydrogens (tertiary/aromatic N) is 3. The summed E-state index contributed by atoms with van der Waals surface area (Å²) < 4.78 is 39.1. The van der Waals surface area contributed by atoms with Gasteiger partial charge in [-0.15, -0.1) is 0 Å². The van der Waals surface area contributed by atoms with Crippen molar-refractivity contribution in [2.45, 2.75) is 134 Å². The molecule has 2 aliphatic heterocycles. The van der Waals surface area contributed by atoms with Crippen molar-refractivity contribution in [1.82, 2.24) is 9.80 Å². The van der Waals surface area contributed by atoms with Crippen LogP contribution in [-0.2, 0) is 25.3 Å². The van der Waals surface area contributed by atoms with Crippen molar-refractivity contribution in [3.8, 4) is 34.4 Å². The molecule has 362 valence electrons. The fraction of sp³-hybridized carbons (Fsp3) is 0.463. The van der Waals surface area contributed by atoms with Gasteiger partial charge in [0.05, 0.1) is 57.7 Å². The number of rotatable bonds is 15. The zero-order chi connectivity index (χ0) is 49.3. The van der Waals surface area contributed by atoms with Crippen LogP contribution >= 0.6 is 0 Å². The van der Waals surface area contributed by atoms with Crippen molar-refractivity contribution >= 4 is 28.5 Å². The lowest BCUT2D eigenvalue weighted by molar-refractivity contribution is -0.179. The van der Waals surface area contributed by atoms with E-state index in [-0.39, 0.29) is 48.7 Å². The van der Waals surface area contributed by atoms with Crippen LogP contribution in [-0.4, -0.2) is 95.1 Å². The van der Waals surface area contributed by atoms with Gasteiger partial charge in [0.2, 0.25) is 0 Å². The molecule has 1 unspecified atom stereocenters. The summed E-state index contributed by atoms with van der Waals surface area (Å²) in [6.45, 7) is 20.9. The Hall–Kier alpha value is -5.28. The summed E-state index contributed by atoms with van der Waals surface area (Å²) >= 11 is 0. The maximum atomic E-state index is 15.2. The molecule has 68 heavy (non-hydrogen) atoms. The second-order valence-corrected chi connectivity index (χ2v) is 31.2. The predicted octanol–water partition coefficient (Wildman–Crippen LogP) is 11.1. The number of carbonyl (C=O) groups excluding carboxylic acids is 2. The second kappa shape index (κ2) is 20.4. The first-order chi connectivity index (χ1) is 32.2. The Balaban J connectivity index is 1.43. The quantitative estimate of drug-likeness (QED) is 0.0527. The minimum absolute atomic E-state index is 0.0110. The monoisotopic (exact) mass is 959 g/mol. The smallest absolute Gasteiger partial charge is 0.412 e. The van der Waals surface area contributed by atoms with E-state index in [0.29, 0.717) is 22.4 Å². The summed E-state index contributed by atoms with van der Waals surface area (Å²) in [5.41, 5.74) is 6.79. The Labute approximate surface area is 404 Å². The van der Waals surface area contributed by atoms with Gasteiger partial charge in [0, 0.05) is 37.6 Å². The first-order valence-electron chi connectivity index (χ1n) is 23.6. The van der Waals surface area contributed by atoms with Gasteiger partial charge >= 0.3 is 12.1 Å². The minimum Gasteiger partial charge on any atom is -0.496 e. The SMILES string of the molecule is COc1c(C)c(OC)c2c(c1OC(C)=O)[C@H](COCc1ccccc1)N1[C@H](C(O)N(C(=O)OCC3c4ccccc4-c4ccccc43)[C@@H](C/C=C/C[Si](C)(C)C)[C@@H]1C#N)[C@@H]2O[Si](C)(C)C(C)(C)C. The largest absolute Gasteiger partial charge is 0.496 e. The van der Waals surface area contributed by atoms with Gasteiger partial charge in [-0.3, -0.25) is 14.6 Å². The molecule has 7 rings (SSSR count). The Morgan fingerprint density at radius 1 is 0.824 bits per heavy atom. The van der Waals surface area contributed by atoms with E-state index in [0.717, 1.165) is 33.9 Å². The summed E-state index contributed by atoms with van der Waals surface area (Å²) in [6, 6.07) is 25.7. The number of ether oxygens (including phenoxy) is 5. The zero-order valence-electron chi connectivity index (χ0n) is 41.8. The van der Waals surface area contributed by atoms with Gasteiger partial charge in [-0.25, -0.2) is 4.79 Å². The van der Waals surface area contributed by atoms with E-state index in [1.807, 2.05) is 72.5 Å². The van der Waals surface area contributed by atoms with Crippen molar-refractivity contribution in [3.05, 3.63) is 124 Å². The number of allylic oxidation sites excluding steroid dienone is 1. The van der Waals surface area contributed by atoms with Gasteiger partial charge in [0.15, 0.2) is 26.0 Å². The maximum absolute atomic E-state index is 15.2. The molecule has 1 aliphatic carbocycles. The maximum Gasteiger partial charge on any atom is 0.412 e. The van der Waals surface area contributed by atoms with Crippen LogP contribution in [0.3, 0.4) is 0 Å². The van der Waals surface area contributed by atoms with Crippen molar-refractivity contribution in [2.75, 3.05) is 27.4 Å². The first kappa shape index (κ1) is 50.6. The summed E-state index contributed by atoms with van der Waals surface area (Å²) in [7, 11) is -1.27. The van der Waals surface area contributed by atoms with E-state index < -0.39 is 65.0 Å². The van der Waals surface area contributed by atoms with Crippen molar-refractivity contribution in [1.29, 1.82) is 5.26 Å². The number of carbonyl (C=O) groups is 2. The van der Waals surface area contributed by atoms with Crippen LogP contribution in [0.2, 0.25) is 43.8 Å². The van der Waals surface area contributed by atoms with Crippen LogP contribution in [0.25, 0.3) is 11.1 Å². The van der Waals surface area contributed by atoms with Gasteiger partial charge in [-0.2, -0.15) is 5.26 Å². The van der Waals surface area contributed by atoms with Crippen LogP contribution in [0.15, 0.2) is 91.0 Å². The van der Waals surface area contributed by atoms with E-state index in [9.17, 15) is 15.2 Å². The third-order valence-electron chi connectivity index (χ3n) is 14.2. The Bertz CT molecular complexity index is 2500. The lowest BCUT2D eigenvalue weighted by Gasteiger charge is -2.59. The molecule has 6 atom stereocenters. The molecule has 3 aliphatic rings. The molecular weight excluding hydrogens is 891 g/mol. The molecule has 1 N–H and O–H groups in total. The average molecular weight is 960 g/mol. The van der Waals surface area contributed by atoms with Crippen molar-refractivity contribution in [3.63, 3.8) is 0 Å². The zero-order valence-corrected chi connectivity index (χ0v) is 43.8. The highest BCUT2D eigenvalue weighted by molar-refractivity contribution is 6.76. The second-order valence-electron chi connectivity index (χ2n) is 20.9. The molecular formula is C54H69N3O9Si2. The number of amides is 1. The summed E-state index contributed by atoms with van der Waals surface area (Å²) in [5.74, 6) is 0.0291. The molecule has 4 aromatic carbocycles. The van der Waals surface area contributed by atoms with Gasteiger partial charge in [0.25, 0.3) is 0 Å². The molecule has 0 aromatic heterocycles. The van der Waals surface area contributed by atoms with Gasteiger partial charge in [0.1, 0.15) is 18.4 Å². The Morgan fingerprint density at radius 3 is 1.99 bits per heavy atom. The molecule has 1 saturated heterocycles. The van der Waals surface area contributed by atoms with Crippen LogP contribution in [0, 0.1) is 18.3 Å². The number of benzene rings is 4. The van der Waals surface area contributed by atoms with E-state index in [1.54, 1.807) is 7.11 Å². The van der Waals surface area contributed by atoms with Crippen LogP contribution in [0.4, 0.5) is 4.79 Å². The number of esters is 1. The molecule has 0 radical (unpaired) electrons. The normalized spacial score (nSPS) is 21.6. The number of methoxy groups -OCH3 is 2. The van der Waals surface area contributed by atoms with Crippen LogP contribution in [0.1, 0.15) is 85.6 Å². The molecule has 0 spiro atoms. The third-order valence-corrected chi connectivity index (χ3v) is 20.1. The van der Waals surface area contributed by atoms with Crippen LogP contribution in [0.5, 0.6) is 17.2 Å². The lowest BCUT2D eigenvalue weighted by Crippen LogP contribution is -2.73. The Morgan fingerprint density at radius 2 is 1.43 bits per heavy atom. The summed E-state index contributed by atoms with van der Waals surface area (Å²) in [6.07, 6.45) is 1.05. The Kier molecular flexibility index (Phi) is 15.2. The first-order valence-corrected chi connectivity index (χ1v) is 30.3. The summed E-state index contributed by atoms with van der Waals surface area (Å²) in [4.78, 5) is 31.7. The molecule has 4 aromatic rings. The fourth-order valence-electron chi connectivity index (χ4n) is 9.93. The molecule has 0 saturated carbocycles. The van der Waals surface area contributed by atoms with E-state index in [1.165, 1.54) is 18.9 Å². The molecule has 1 amide bonds. The highest BCUT2D eigenvalue weighted by atomic mass is 28.4. The molecule has 14 heteroatoms. The van der Waals surface area contributed by atoms with E-state index >= 15 is 4.79 Å². The predicted molar refractivity (Wildman–Crippen MR) is 269 cm³/mol. The average Bonchev–Trinajstić information content (AvgIpc) is 3.60. The molecule has 0 bridgehead atoms. The van der Waals surface area contributed by atoms with E-state index in [2.05, 4.69) is 89.9 Å². The topological polar surface area (TPSA) is 140 Å². The molecule has 1 fully saturated rings. The lowest BCUT2D eigenvalue weighted by atomic mass is 9.78. The standard InChI is InChI=1S/C54H69N3O9Si2/c1-34-48(61-6)46-45(51(49(34)62-7)65-35(2)58)44(33-63-31-36-22-14-13-15-23-36)56-43(30-55)42(28-20-21-29-67(8,9)10)57(52(59)47(56)50(46)66-68(11,12)54(3,4)5)53(60)64-32-41-39-26-18-16-24-37(39)38-25-17-19-27-40(38)41/h13-27,41-44,47,50,52,59H,28-29,31-33H2,1-12H3/b21-20+/t42-,43-,44-,47-,50+,52?/m0/s1. The summed E-state index contributed by atoms with van der Waals surface area (Å²) in [5, 5.41) is 24.7. The van der Waals surface area contributed by atoms with Gasteiger partial charge in [-0.1, -0.05) is 131 Å². The third kappa shape index (κ3) is 9.93. The van der Waals surface area contributed by atoms with E-state index in [4.69, 9.17) is 28.1 Å². The number of fused-ring (bicyclic) bond motifs is 5. The van der Waals surface area contributed by atoms with Crippen molar-refractivity contribution in [2.24, 2.45) is 0 Å². The number of aliphatic hydroxyl groups excluding tert-OH is 1. The number of piperazine rings is 1. The van der Waals surface area contributed by atoms with Crippen LogP contribution < -0.4 is 14.2 Å². The molecule has 12 nitrogen and oxygen atoms in total. The number of hydrogen-bond donors (Lipinski definition) is 1. The number of nitriles is 1. The van der Waals surface area contributed by atoms with Gasteiger partial charge < -0.3 is 33.2 Å². The number of hydrogen-bond acceptors (Lipinski definition) is 11. The van der Waals surface area contributed by atoms with Gasteiger partial charge in [-0.05, 0) is 65.3 Å². The molecule has 2 heterocycles. The highest BCUT2D eigenvalue weighted by Crippen LogP contribution is 2.59. The number of aliphatic hydroxyl groups is 1. The fourth-order valence-corrected chi connectivity index (χ4v) is 12.0.